The lowest BCUT2D eigenvalue weighted by molar-refractivity contribution is -0.135. The number of nitrogens with zero attached hydrogens (tertiary/aromatic N) is 1. The molecule has 1 aromatic rings. The number of carbonyl (C=O) groups is 1. The molecule has 0 spiro atoms. The van der Waals surface area contributed by atoms with E-state index in [2.05, 4.69) is 0 Å². The van der Waals surface area contributed by atoms with Crippen LogP contribution in [0.5, 0.6) is 0 Å². The summed E-state index contributed by atoms with van der Waals surface area (Å²) in [5.41, 5.74) is 0.857. The maximum absolute atomic E-state index is 12.9. The number of amides is 1. The minimum absolute atomic E-state index is 0.0402. The third kappa shape index (κ3) is 4.14. The van der Waals surface area contributed by atoms with Gasteiger partial charge in [-0.05, 0) is 33.3 Å². The predicted molar refractivity (Wildman–Crippen MR) is 87.2 cm³/mol. The summed E-state index contributed by atoms with van der Waals surface area (Å²) >= 11 is 0. The van der Waals surface area contributed by atoms with Crippen LogP contribution in [-0.4, -0.2) is 57.0 Å². The quantitative estimate of drug-likeness (QED) is 0.785. The number of methoxy groups -OCH3 is 1. The topological polar surface area (TPSA) is 76.8 Å². The van der Waals surface area contributed by atoms with Crippen LogP contribution >= 0.6 is 0 Å². The fourth-order valence-electron chi connectivity index (χ4n) is 3.15. The number of hydrogen-bond donors (Lipinski definition) is 0. The van der Waals surface area contributed by atoms with E-state index < -0.39 is 9.84 Å². The summed E-state index contributed by atoms with van der Waals surface area (Å²) in [4.78, 5) is 14.6. The van der Waals surface area contributed by atoms with Crippen molar-refractivity contribution in [3.63, 3.8) is 0 Å². The van der Waals surface area contributed by atoms with Gasteiger partial charge in [-0.15, -0.1) is 0 Å². The zero-order valence-corrected chi connectivity index (χ0v) is 15.0. The minimum Gasteiger partial charge on any atom is -0.466 e. The molecule has 6 nitrogen and oxygen atoms in total. The molecule has 7 heteroatoms. The van der Waals surface area contributed by atoms with Crippen molar-refractivity contribution in [2.24, 2.45) is 0 Å². The monoisotopic (exact) mass is 343 g/mol. The summed E-state index contributed by atoms with van der Waals surface area (Å²) in [7, 11) is -1.48. The lowest BCUT2D eigenvalue weighted by Crippen LogP contribution is -2.44. The third-order valence-corrected chi connectivity index (χ3v) is 6.14. The van der Waals surface area contributed by atoms with Crippen LogP contribution in [0.15, 0.2) is 10.5 Å². The SMILES string of the molecule is COCCN(C(=O)C(C)c1cc(C)oc1C)C1CCS(=O)(=O)C1. The molecule has 0 bridgehead atoms. The van der Waals surface area contributed by atoms with Crippen molar-refractivity contribution in [2.45, 2.75) is 39.2 Å². The highest BCUT2D eigenvalue weighted by atomic mass is 32.2. The van der Waals surface area contributed by atoms with Crippen LogP contribution in [0.2, 0.25) is 0 Å². The van der Waals surface area contributed by atoms with Crippen LogP contribution in [0.25, 0.3) is 0 Å². The number of furan rings is 1. The summed E-state index contributed by atoms with van der Waals surface area (Å²) < 4.78 is 34.1. The highest BCUT2D eigenvalue weighted by Crippen LogP contribution is 2.27. The van der Waals surface area contributed by atoms with Gasteiger partial charge in [0.2, 0.25) is 5.91 Å². The van der Waals surface area contributed by atoms with E-state index in [-0.39, 0.29) is 29.4 Å². The maximum Gasteiger partial charge on any atom is 0.230 e. The fourth-order valence-corrected chi connectivity index (χ4v) is 4.88. The summed E-state index contributed by atoms with van der Waals surface area (Å²) in [6.45, 7) is 6.31. The Hall–Kier alpha value is -1.34. The zero-order chi connectivity index (χ0) is 17.2. The molecule has 23 heavy (non-hydrogen) atoms. The van der Waals surface area contributed by atoms with Crippen LogP contribution < -0.4 is 0 Å². The molecule has 0 saturated carbocycles. The molecule has 1 aromatic heterocycles. The van der Waals surface area contributed by atoms with Crippen molar-refractivity contribution in [1.82, 2.24) is 4.90 Å². The fraction of sp³-hybridized carbons (Fsp3) is 0.688. The molecule has 0 N–H and O–H groups in total. The molecule has 1 aliphatic heterocycles. The van der Waals surface area contributed by atoms with Gasteiger partial charge in [0, 0.05) is 25.3 Å². The van der Waals surface area contributed by atoms with E-state index in [0.717, 1.165) is 17.1 Å². The Labute approximate surface area is 137 Å². The Morgan fingerprint density at radius 3 is 2.65 bits per heavy atom. The van der Waals surface area contributed by atoms with Gasteiger partial charge in [0.25, 0.3) is 0 Å². The Kier molecular flexibility index (Phi) is 5.52. The van der Waals surface area contributed by atoms with Gasteiger partial charge in [-0.2, -0.15) is 0 Å². The molecule has 1 aliphatic rings. The largest absolute Gasteiger partial charge is 0.466 e. The van der Waals surface area contributed by atoms with Crippen LogP contribution in [0.3, 0.4) is 0 Å². The van der Waals surface area contributed by atoms with Gasteiger partial charge < -0.3 is 14.1 Å². The van der Waals surface area contributed by atoms with E-state index in [1.165, 1.54) is 0 Å². The first-order valence-electron chi connectivity index (χ1n) is 7.82. The number of aryl methyl sites for hydroxylation is 2. The van der Waals surface area contributed by atoms with Crippen molar-refractivity contribution in [2.75, 3.05) is 31.8 Å². The summed E-state index contributed by atoms with van der Waals surface area (Å²) in [6.07, 6.45) is 0.494. The average molecular weight is 343 g/mol. The van der Waals surface area contributed by atoms with E-state index in [0.29, 0.717) is 19.6 Å². The Bertz CT molecular complexity index is 664. The lowest BCUT2D eigenvalue weighted by atomic mass is 9.99. The number of ether oxygens (including phenoxy) is 1. The van der Waals surface area contributed by atoms with E-state index in [9.17, 15) is 13.2 Å². The van der Waals surface area contributed by atoms with Crippen molar-refractivity contribution >= 4 is 15.7 Å². The molecule has 1 amide bonds. The van der Waals surface area contributed by atoms with Crippen LogP contribution in [-0.2, 0) is 19.4 Å². The molecule has 0 aromatic carbocycles. The second-order valence-corrected chi connectivity index (χ2v) is 8.40. The summed E-state index contributed by atoms with van der Waals surface area (Å²) in [5, 5.41) is 0. The molecule has 2 atom stereocenters. The smallest absolute Gasteiger partial charge is 0.230 e. The van der Waals surface area contributed by atoms with Crippen molar-refractivity contribution in [1.29, 1.82) is 0 Å². The molecule has 2 rings (SSSR count). The molecule has 130 valence electrons. The molecular formula is C16H25NO5S. The van der Waals surface area contributed by atoms with Gasteiger partial charge in [0.1, 0.15) is 11.5 Å². The van der Waals surface area contributed by atoms with Gasteiger partial charge >= 0.3 is 0 Å². The third-order valence-electron chi connectivity index (χ3n) is 4.38. The Morgan fingerprint density at radius 1 is 1.48 bits per heavy atom. The predicted octanol–water partition coefficient (Wildman–Crippen LogP) is 1.66. The van der Waals surface area contributed by atoms with Gasteiger partial charge in [-0.1, -0.05) is 0 Å². The lowest BCUT2D eigenvalue weighted by Gasteiger charge is -2.30. The highest BCUT2D eigenvalue weighted by molar-refractivity contribution is 7.91. The molecule has 2 heterocycles. The molecule has 0 radical (unpaired) electrons. The Morgan fingerprint density at radius 2 is 2.17 bits per heavy atom. The van der Waals surface area contributed by atoms with E-state index >= 15 is 0 Å². The van der Waals surface area contributed by atoms with Crippen LogP contribution in [0.1, 0.15) is 36.3 Å². The zero-order valence-electron chi connectivity index (χ0n) is 14.2. The number of rotatable bonds is 6. The molecular weight excluding hydrogens is 318 g/mol. The number of hydrogen-bond acceptors (Lipinski definition) is 5. The maximum atomic E-state index is 12.9. The van der Waals surface area contributed by atoms with E-state index in [1.807, 2.05) is 26.8 Å². The molecule has 0 aliphatic carbocycles. The van der Waals surface area contributed by atoms with Gasteiger partial charge in [0.15, 0.2) is 9.84 Å². The van der Waals surface area contributed by atoms with E-state index in [1.54, 1.807) is 12.0 Å². The van der Waals surface area contributed by atoms with E-state index in [4.69, 9.17) is 9.15 Å². The van der Waals surface area contributed by atoms with Crippen LogP contribution in [0.4, 0.5) is 0 Å². The first kappa shape index (κ1) is 18.0. The van der Waals surface area contributed by atoms with Crippen molar-refractivity contribution in [3.8, 4) is 0 Å². The second kappa shape index (κ2) is 7.05. The Balaban J connectivity index is 2.20. The van der Waals surface area contributed by atoms with Gasteiger partial charge in [-0.25, -0.2) is 8.42 Å². The molecule has 1 fully saturated rings. The van der Waals surface area contributed by atoms with Crippen molar-refractivity contribution in [3.05, 3.63) is 23.2 Å². The summed E-state index contributed by atoms with van der Waals surface area (Å²) in [6, 6.07) is 1.61. The minimum atomic E-state index is -3.05. The average Bonchev–Trinajstić information content (AvgIpc) is 3.00. The summed E-state index contributed by atoms with van der Waals surface area (Å²) in [5.74, 6) is 1.24. The number of carbonyl (C=O) groups excluding carboxylic acids is 1. The number of sulfone groups is 1. The molecule has 2 unspecified atom stereocenters. The van der Waals surface area contributed by atoms with Crippen LogP contribution in [0, 0.1) is 13.8 Å². The second-order valence-electron chi connectivity index (χ2n) is 6.17. The van der Waals surface area contributed by atoms with Crippen molar-refractivity contribution < 1.29 is 22.4 Å². The first-order chi connectivity index (χ1) is 10.7. The first-order valence-corrected chi connectivity index (χ1v) is 9.64. The highest BCUT2D eigenvalue weighted by Gasteiger charge is 2.36. The molecule has 1 saturated heterocycles. The van der Waals surface area contributed by atoms with Gasteiger partial charge in [-0.3, -0.25) is 4.79 Å². The normalized spacial score (nSPS) is 21.3. The standard InChI is InChI=1S/C16H25NO5S/c1-11-9-15(13(3)22-11)12(2)16(18)17(6-7-21-4)14-5-8-23(19,20)10-14/h9,12,14H,5-8,10H2,1-4H3. The van der Waals surface area contributed by atoms with Gasteiger partial charge in [0.05, 0.1) is 24.0 Å².